The Morgan fingerprint density at radius 2 is 2.19 bits per heavy atom. The van der Waals surface area contributed by atoms with Gasteiger partial charge < -0.3 is 4.74 Å². The lowest BCUT2D eigenvalue weighted by atomic mass is 10.0. The molecular formula is C12H18N2O2. The lowest BCUT2D eigenvalue weighted by Gasteiger charge is -2.33. The molecule has 1 heterocycles. The predicted molar refractivity (Wildman–Crippen MR) is 58.6 cm³/mol. The van der Waals surface area contributed by atoms with Gasteiger partial charge in [-0.3, -0.25) is 4.90 Å². The van der Waals surface area contributed by atoms with Gasteiger partial charge in [-0.05, 0) is 45.4 Å². The van der Waals surface area contributed by atoms with Gasteiger partial charge in [-0.1, -0.05) is 0 Å². The Morgan fingerprint density at radius 3 is 2.75 bits per heavy atom. The van der Waals surface area contributed by atoms with Gasteiger partial charge in [-0.2, -0.15) is 5.26 Å². The monoisotopic (exact) mass is 222 g/mol. The number of rotatable bonds is 0. The van der Waals surface area contributed by atoms with E-state index in [1.807, 2.05) is 20.8 Å². The van der Waals surface area contributed by atoms with Crippen LogP contribution in [0.5, 0.6) is 0 Å². The van der Waals surface area contributed by atoms with Gasteiger partial charge >= 0.3 is 6.09 Å². The molecule has 2 rings (SSSR count). The number of piperidine rings is 1. The maximum Gasteiger partial charge on any atom is 0.411 e. The van der Waals surface area contributed by atoms with Crippen LogP contribution in [0.2, 0.25) is 0 Å². The van der Waals surface area contributed by atoms with Crippen molar-refractivity contribution in [1.29, 1.82) is 5.26 Å². The standard InChI is InChI=1S/C12H18N2O2/c1-12(2,3)16-11(15)14-5-4-8-6-9(8)10(14)7-13/h8-10H,4-6H2,1-3H3. The molecule has 16 heavy (non-hydrogen) atoms. The van der Waals surface area contributed by atoms with Crippen LogP contribution in [0.25, 0.3) is 0 Å². The predicted octanol–water partition coefficient (Wildman–Crippen LogP) is 2.16. The van der Waals surface area contributed by atoms with Gasteiger partial charge in [-0.15, -0.1) is 0 Å². The zero-order valence-electron chi connectivity index (χ0n) is 10.1. The summed E-state index contributed by atoms with van der Waals surface area (Å²) in [5.41, 5.74) is -0.489. The maximum absolute atomic E-state index is 11.9. The van der Waals surface area contributed by atoms with Crippen molar-refractivity contribution in [3.8, 4) is 6.07 Å². The SMILES string of the molecule is CC(C)(C)OC(=O)N1CCC2CC2C1C#N. The van der Waals surface area contributed by atoms with Gasteiger partial charge in [0.15, 0.2) is 0 Å². The summed E-state index contributed by atoms with van der Waals surface area (Å²) >= 11 is 0. The van der Waals surface area contributed by atoms with Crippen molar-refractivity contribution in [2.75, 3.05) is 6.54 Å². The Hall–Kier alpha value is -1.24. The van der Waals surface area contributed by atoms with E-state index in [0.29, 0.717) is 18.4 Å². The largest absolute Gasteiger partial charge is 0.444 e. The molecule has 4 nitrogen and oxygen atoms in total. The highest BCUT2D eigenvalue weighted by Gasteiger charge is 2.50. The zero-order valence-corrected chi connectivity index (χ0v) is 10.1. The van der Waals surface area contributed by atoms with E-state index in [4.69, 9.17) is 10.00 Å². The fourth-order valence-corrected chi connectivity index (χ4v) is 2.36. The van der Waals surface area contributed by atoms with Crippen LogP contribution in [0.4, 0.5) is 4.79 Å². The van der Waals surface area contributed by atoms with Crippen LogP contribution in [-0.2, 0) is 4.74 Å². The Balaban J connectivity index is 2.02. The lowest BCUT2D eigenvalue weighted by Crippen LogP contribution is -2.46. The summed E-state index contributed by atoms with van der Waals surface area (Å²) in [6.45, 7) is 6.19. The Kier molecular flexibility index (Phi) is 2.57. The molecular weight excluding hydrogens is 204 g/mol. The second-order valence-corrected chi connectivity index (χ2v) is 5.70. The molecule has 1 aliphatic carbocycles. The molecule has 3 unspecified atom stereocenters. The number of carbonyl (C=O) groups excluding carboxylic acids is 1. The highest BCUT2D eigenvalue weighted by Crippen LogP contribution is 2.48. The van der Waals surface area contributed by atoms with Crippen molar-refractivity contribution in [2.45, 2.75) is 45.3 Å². The minimum atomic E-state index is -0.489. The fraction of sp³-hybridized carbons (Fsp3) is 0.833. The number of carbonyl (C=O) groups is 1. The maximum atomic E-state index is 11.9. The van der Waals surface area contributed by atoms with E-state index in [-0.39, 0.29) is 12.1 Å². The molecule has 1 saturated carbocycles. The molecule has 4 heteroatoms. The van der Waals surface area contributed by atoms with Gasteiger partial charge in [0, 0.05) is 6.54 Å². The smallest absolute Gasteiger partial charge is 0.411 e. The minimum Gasteiger partial charge on any atom is -0.444 e. The average Bonchev–Trinajstić information content (AvgIpc) is 2.91. The molecule has 88 valence electrons. The Labute approximate surface area is 96.2 Å². The first-order valence-electron chi connectivity index (χ1n) is 5.81. The molecule has 1 saturated heterocycles. The number of ether oxygens (including phenoxy) is 1. The number of hydrogen-bond donors (Lipinski definition) is 0. The highest BCUT2D eigenvalue weighted by molar-refractivity contribution is 5.69. The van der Waals surface area contributed by atoms with Crippen LogP contribution in [0.1, 0.15) is 33.6 Å². The number of amides is 1. The van der Waals surface area contributed by atoms with Crippen molar-refractivity contribution < 1.29 is 9.53 Å². The molecule has 0 spiro atoms. The second-order valence-electron chi connectivity index (χ2n) is 5.70. The normalized spacial score (nSPS) is 32.6. The third-order valence-corrected chi connectivity index (χ3v) is 3.22. The molecule has 1 amide bonds. The summed E-state index contributed by atoms with van der Waals surface area (Å²) in [4.78, 5) is 13.5. The molecule has 0 radical (unpaired) electrons. The molecule has 3 atom stereocenters. The molecule has 0 aromatic carbocycles. The van der Waals surface area contributed by atoms with Crippen LogP contribution in [-0.4, -0.2) is 29.2 Å². The second kappa shape index (κ2) is 3.65. The number of nitrogens with zero attached hydrogens (tertiary/aromatic N) is 2. The quantitative estimate of drug-likeness (QED) is 0.631. The van der Waals surface area contributed by atoms with Gasteiger partial charge in [0.2, 0.25) is 0 Å². The average molecular weight is 222 g/mol. The van der Waals surface area contributed by atoms with E-state index in [0.717, 1.165) is 12.8 Å². The van der Waals surface area contributed by atoms with E-state index < -0.39 is 5.60 Å². The topological polar surface area (TPSA) is 53.3 Å². The molecule has 0 aromatic heterocycles. The molecule has 0 aromatic rings. The molecule has 0 bridgehead atoms. The van der Waals surface area contributed by atoms with Crippen LogP contribution in [0.3, 0.4) is 0 Å². The van der Waals surface area contributed by atoms with Crippen LogP contribution in [0, 0.1) is 23.2 Å². The Morgan fingerprint density at radius 1 is 1.50 bits per heavy atom. The van der Waals surface area contributed by atoms with Gasteiger partial charge in [-0.25, -0.2) is 4.79 Å². The lowest BCUT2D eigenvalue weighted by molar-refractivity contribution is 0.0143. The summed E-state index contributed by atoms with van der Waals surface area (Å²) in [6, 6.07) is 1.97. The van der Waals surface area contributed by atoms with E-state index in [1.165, 1.54) is 0 Å². The molecule has 0 N–H and O–H groups in total. The van der Waals surface area contributed by atoms with Crippen molar-refractivity contribution in [1.82, 2.24) is 4.90 Å². The van der Waals surface area contributed by atoms with Crippen LogP contribution >= 0.6 is 0 Å². The van der Waals surface area contributed by atoms with Crippen molar-refractivity contribution >= 4 is 6.09 Å². The van der Waals surface area contributed by atoms with E-state index >= 15 is 0 Å². The first kappa shape index (κ1) is 11.3. The summed E-state index contributed by atoms with van der Waals surface area (Å²) in [5.74, 6) is 1.06. The molecule has 2 aliphatic rings. The minimum absolute atomic E-state index is 0.270. The molecule has 2 fully saturated rings. The summed E-state index contributed by atoms with van der Waals surface area (Å²) in [7, 11) is 0. The number of nitriles is 1. The number of likely N-dealkylation sites (tertiary alicyclic amines) is 1. The highest BCUT2D eigenvalue weighted by atomic mass is 16.6. The van der Waals surface area contributed by atoms with Crippen molar-refractivity contribution in [2.24, 2.45) is 11.8 Å². The third kappa shape index (κ3) is 2.13. The van der Waals surface area contributed by atoms with Gasteiger partial charge in [0.1, 0.15) is 11.6 Å². The summed E-state index contributed by atoms with van der Waals surface area (Å²) in [5, 5.41) is 9.11. The molecule has 1 aliphatic heterocycles. The van der Waals surface area contributed by atoms with Gasteiger partial charge in [0.05, 0.1) is 6.07 Å². The summed E-state index contributed by atoms with van der Waals surface area (Å²) < 4.78 is 5.31. The third-order valence-electron chi connectivity index (χ3n) is 3.22. The first-order valence-corrected chi connectivity index (χ1v) is 5.81. The van der Waals surface area contributed by atoms with Gasteiger partial charge in [0.25, 0.3) is 0 Å². The van der Waals surface area contributed by atoms with Crippen LogP contribution in [0.15, 0.2) is 0 Å². The first-order chi connectivity index (χ1) is 7.42. The number of fused-ring (bicyclic) bond motifs is 1. The number of hydrogen-bond acceptors (Lipinski definition) is 3. The van der Waals surface area contributed by atoms with Crippen molar-refractivity contribution in [3.63, 3.8) is 0 Å². The summed E-state index contributed by atoms with van der Waals surface area (Å²) in [6.07, 6.45) is 1.77. The fourth-order valence-electron chi connectivity index (χ4n) is 2.36. The van der Waals surface area contributed by atoms with E-state index in [9.17, 15) is 4.79 Å². The zero-order chi connectivity index (χ0) is 11.9. The Bertz CT molecular complexity index is 340. The van der Waals surface area contributed by atoms with Crippen LogP contribution < -0.4 is 0 Å². The van der Waals surface area contributed by atoms with E-state index in [2.05, 4.69) is 6.07 Å². The van der Waals surface area contributed by atoms with E-state index in [1.54, 1.807) is 4.90 Å². The van der Waals surface area contributed by atoms with Crippen molar-refractivity contribution in [3.05, 3.63) is 0 Å².